The molecule has 0 spiro atoms. The fourth-order valence-corrected chi connectivity index (χ4v) is 5.84. The SMILES string of the molecule is [NH-]C(=O)C(=O)Nc1ccc2[nH]cc(C[C@H](NC(=O)c3ccc4c(c3)nc(-c3ccoc3)n4C3CCCCC3)C(N)=O)c2c1.[W]. The van der Waals surface area contributed by atoms with Gasteiger partial charge in [-0.3, -0.25) is 14.4 Å². The van der Waals surface area contributed by atoms with Gasteiger partial charge in [0.1, 0.15) is 24.0 Å². The maximum absolute atomic E-state index is 13.4. The third-order valence-corrected chi connectivity index (χ3v) is 7.98. The number of fused-ring (bicyclic) bond motifs is 2. The normalized spacial score (nSPS) is 14.2. The maximum Gasteiger partial charge on any atom is 0.273 e. The molecule has 1 aliphatic rings. The van der Waals surface area contributed by atoms with Crippen LogP contribution in [0.1, 0.15) is 54.1 Å². The van der Waals surface area contributed by atoms with E-state index in [2.05, 4.69) is 20.2 Å². The number of nitrogens with two attached hydrogens (primary N) is 1. The summed E-state index contributed by atoms with van der Waals surface area (Å²) < 4.78 is 7.59. The van der Waals surface area contributed by atoms with Crippen molar-refractivity contribution < 1.29 is 44.7 Å². The molecule has 0 radical (unpaired) electrons. The van der Waals surface area contributed by atoms with Crippen molar-refractivity contribution in [3.63, 3.8) is 0 Å². The van der Waals surface area contributed by atoms with E-state index in [-0.39, 0.29) is 27.5 Å². The van der Waals surface area contributed by atoms with Gasteiger partial charge in [0.2, 0.25) is 5.91 Å². The Balaban J connectivity index is 0.00000384. The molecule has 4 amide bonds. The average Bonchev–Trinajstić information content (AvgIpc) is 3.75. The topological polar surface area (TPSA) is 189 Å². The molecule has 6 N–H and O–H groups in total. The van der Waals surface area contributed by atoms with Crippen LogP contribution in [0, 0.1) is 0 Å². The van der Waals surface area contributed by atoms with Crippen molar-refractivity contribution in [3.05, 3.63) is 78.0 Å². The van der Waals surface area contributed by atoms with Gasteiger partial charge in [0, 0.05) is 61.9 Å². The van der Waals surface area contributed by atoms with Gasteiger partial charge in [0.05, 0.1) is 22.9 Å². The van der Waals surface area contributed by atoms with Crippen molar-refractivity contribution in [2.24, 2.45) is 5.73 Å². The average molecular weight is 764 g/mol. The standard InChI is InChI=1S/C31H31N7O5.W/c32-27(39)25(13-19-15-34-23-8-7-20(14-22(19)23)35-31(42)28(33)40)37-30(41)17-6-9-26-24(12-17)36-29(18-10-11-43-16-18)38(26)21-4-2-1-3-5-21;/h6-12,14-16,21,25H,1-5,13H2,(H7,32,33,34,35,37,39,40,41,42);/p-1/t25-;/m0./s1. The Morgan fingerprint density at radius 3 is 2.59 bits per heavy atom. The van der Waals surface area contributed by atoms with Crippen LogP contribution < -0.4 is 16.4 Å². The van der Waals surface area contributed by atoms with Gasteiger partial charge in [0.15, 0.2) is 0 Å². The number of hydrogen-bond donors (Lipinski definition) is 4. The zero-order chi connectivity index (χ0) is 30.1. The number of aromatic amines is 1. The number of benzene rings is 2. The largest absolute Gasteiger partial charge is 0.659 e. The number of rotatable bonds is 8. The summed E-state index contributed by atoms with van der Waals surface area (Å²) in [7, 11) is 0. The van der Waals surface area contributed by atoms with Crippen LogP contribution in [0.25, 0.3) is 39.1 Å². The second-order valence-corrected chi connectivity index (χ2v) is 10.8. The predicted molar refractivity (Wildman–Crippen MR) is 160 cm³/mol. The van der Waals surface area contributed by atoms with Gasteiger partial charge in [-0.15, -0.1) is 0 Å². The number of furan rings is 1. The van der Waals surface area contributed by atoms with E-state index in [1.54, 1.807) is 49.1 Å². The van der Waals surface area contributed by atoms with Crippen molar-refractivity contribution >= 4 is 51.3 Å². The number of imidazole rings is 1. The number of primary amides is 1. The number of nitrogens with zero attached hydrogens (tertiary/aromatic N) is 2. The number of amides is 4. The van der Waals surface area contributed by atoms with Crippen molar-refractivity contribution in [1.29, 1.82) is 0 Å². The minimum Gasteiger partial charge on any atom is -0.659 e. The number of hydrogen-bond acceptors (Lipinski definition) is 6. The Kier molecular flexibility index (Phi) is 9.01. The van der Waals surface area contributed by atoms with E-state index in [4.69, 9.17) is 20.9 Å². The predicted octanol–water partition coefficient (Wildman–Crippen LogP) is 4.62. The van der Waals surface area contributed by atoms with Gasteiger partial charge in [-0.2, -0.15) is 0 Å². The fourth-order valence-electron chi connectivity index (χ4n) is 5.84. The molecule has 226 valence electrons. The van der Waals surface area contributed by atoms with E-state index in [1.807, 2.05) is 12.1 Å². The van der Waals surface area contributed by atoms with E-state index < -0.39 is 29.7 Å². The van der Waals surface area contributed by atoms with Crippen LogP contribution in [0.3, 0.4) is 0 Å². The third-order valence-electron chi connectivity index (χ3n) is 7.98. The van der Waals surface area contributed by atoms with E-state index in [9.17, 15) is 19.2 Å². The van der Waals surface area contributed by atoms with Gasteiger partial charge < -0.3 is 40.9 Å². The fraction of sp³-hybridized carbons (Fsp3) is 0.258. The molecule has 12 nitrogen and oxygen atoms in total. The van der Waals surface area contributed by atoms with E-state index in [1.165, 1.54) is 6.42 Å². The Bertz CT molecular complexity index is 1850. The second-order valence-electron chi connectivity index (χ2n) is 10.8. The first-order chi connectivity index (χ1) is 20.8. The Morgan fingerprint density at radius 1 is 1.09 bits per heavy atom. The quantitative estimate of drug-likeness (QED) is 0.167. The first-order valence-electron chi connectivity index (χ1n) is 14.1. The summed E-state index contributed by atoms with van der Waals surface area (Å²) in [5.41, 5.74) is 17.2. The second kappa shape index (κ2) is 12.9. The molecule has 13 heteroatoms. The van der Waals surface area contributed by atoms with Crippen LogP contribution in [0.5, 0.6) is 0 Å². The Labute approximate surface area is 266 Å². The summed E-state index contributed by atoms with van der Waals surface area (Å²) in [6.45, 7) is 0. The molecule has 1 aliphatic carbocycles. The molecule has 0 aliphatic heterocycles. The van der Waals surface area contributed by atoms with E-state index in [0.29, 0.717) is 39.3 Å². The molecule has 1 saturated carbocycles. The molecule has 0 bridgehead atoms. The van der Waals surface area contributed by atoms with Gasteiger partial charge in [0.25, 0.3) is 11.8 Å². The van der Waals surface area contributed by atoms with Crippen molar-refractivity contribution in [2.75, 3.05) is 5.32 Å². The number of aromatic nitrogens is 3. The summed E-state index contributed by atoms with van der Waals surface area (Å²) in [4.78, 5) is 56.5. The zero-order valence-corrected chi connectivity index (χ0v) is 26.5. The van der Waals surface area contributed by atoms with Gasteiger partial charge in [-0.1, -0.05) is 19.3 Å². The first-order valence-corrected chi connectivity index (χ1v) is 14.1. The molecule has 3 aromatic heterocycles. The molecule has 6 rings (SSSR count). The monoisotopic (exact) mass is 764 g/mol. The molecule has 0 unspecified atom stereocenters. The molecule has 44 heavy (non-hydrogen) atoms. The summed E-state index contributed by atoms with van der Waals surface area (Å²) in [5.74, 6) is -2.80. The number of H-pyrrole nitrogens is 1. The van der Waals surface area contributed by atoms with Crippen LogP contribution >= 0.6 is 0 Å². The van der Waals surface area contributed by atoms with E-state index in [0.717, 1.165) is 42.6 Å². The maximum atomic E-state index is 13.4. The minimum absolute atomic E-state index is 0. The Morgan fingerprint density at radius 2 is 1.89 bits per heavy atom. The molecular weight excluding hydrogens is 734 g/mol. The van der Waals surface area contributed by atoms with Crippen molar-refractivity contribution in [3.8, 4) is 11.4 Å². The first kappa shape index (κ1) is 30.7. The summed E-state index contributed by atoms with van der Waals surface area (Å²) >= 11 is 0. The number of anilines is 1. The van der Waals surface area contributed by atoms with Crippen LogP contribution in [-0.4, -0.2) is 44.2 Å². The van der Waals surface area contributed by atoms with Crippen LogP contribution in [0.15, 0.2) is 65.6 Å². The number of carbonyl (C=O) groups is 4. The molecule has 5 aromatic rings. The van der Waals surface area contributed by atoms with E-state index >= 15 is 0 Å². The van der Waals surface area contributed by atoms with Crippen molar-refractivity contribution in [2.45, 2.75) is 50.6 Å². The van der Waals surface area contributed by atoms with Gasteiger partial charge in [-0.25, -0.2) is 4.98 Å². The minimum atomic E-state index is -1.36. The summed E-state index contributed by atoms with van der Waals surface area (Å²) in [6.07, 6.45) is 10.7. The van der Waals surface area contributed by atoms with Crippen LogP contribution in [-0.2, 0) is 41.9 Å². The molecular formula is C31H30N7O5W-. The number of nitrogens with one attached hydrogen (secondary N) is 4. The van der Waals surface area contributed by atoms with Crippen LogP contribution in [0.2, 0.25) is 0 Å². The van der Waals surface area contributed by atoms with Crippen molar-refractivity contribution in [1.82, 2.24) is 19.9 Å². The smallest absolute Gasteiger partial charge is 0.273 e. The molecule has 1 fully saturated rings. The Hall–Kier alpha value is -4.70. The number of carbonyl (C=O) groups excluding carboxylic acids is 4. The van der Waals surface area contributed by atoms with Gasteiger partial charge in [-0.05, 0) is 60.9 Å². The van der Waals surface area contributed by atoms with Gasteiger partial charge >= 0.3 is 0 Å². The van der Waals surface area contributed by atoms with Crippen LogP contribution in [0.4, 0.5) is 5.69 Å². The summed E-state index contributed by atoms with van der Waals surface area (Å²) in [6, 6.07) is 11.4. The third kappa shape index (κ3) is 6.16. The molecule has 1 atom stereocenters. The molecule has 0 saturated heterocycles. The summed E-state index contributed by atoms with van der Waals surface area (Å²) in [5, 5.41) is 5.79. The molecule has 2 aromatic carbocycles. The zero-order valence-electron chi connectivity index (χ0n) is 23.6. The molecule has 3 heterocycles.